The Morgan fingerprint density at radius 3 is 2.76 bits per heavy atom. The molecule has 0 aliphatic carbocycles. The van der Waals surface area contributed by atoms with Crippen LogP contribution in [0.2, 0.25) is 0 Å². The van der Waals surface area contributed by atoms with E-state index < -0.39 is 4.92 Å². The van der Waals surface area contributed by atoms with E-state index in [1.807, 2.05) is 31.2 Å². The average Bonchev–Trinajstić information content (AvgIpc) is 2.99. The summed E-state index contributed by atoms with van der Waals surface area (Å²) in [4.78, 5) is 25.0. The number of carbonyl (C=O) groups is 1. The molecule has 1 saturated heterocycles. The first-order chi connectivity index (χ1) is 14.0. The lowest BCUT2D eigenvalue weighted by molar-refractivity contribution is -0.384. The Morgan fingerprint density at radius 1 is 1.24 bits per heavy atom. The lowest BCUT2D eigenvalue weighted by atomic mass is 10.1. The van der Waals surface area contributed by atoms with Crippen molar-refractivity contribution in [3.63, 3.8) is 0 Å². The van der Waals surface area contributed by atoms with Crippen molar-refractivity contribution >= 4 is 34.7 Å². The number of non-ortho nitro benzene ring substituents is 1. The van der Waals surface area contributed by atoms with Gasteiger partial charge < -0.3 is 0 Å². The molecule has 0 unspecified atom stereocenters. The van der Waals surface area contributed by atoms with E-state index in [-0.39, 0.29) is 16.8 Å². The molecular weight excluding hydrogens is 388 g/mol. The largest absolute Gasteiger partial charge is 0.284 e. The number of nitro groups is 1. The van der Waals surface area contributed by atoms with Gasteiger partial charge in [0.15, 0.2) is 5.17 Å². The maximum Gasteiger partial charge on any atom is 0.270 e. The maximum atomic E-state index is 12.9. The van der Waals surface area contributed by atoms with E-state index >= 15 is 0 Å². The summed E-state index contributed by atoms with van der Waals surface area (Å²) >= 11 is 1.42. The van der Waals surface area contributed by atoms with E-state index in [9.17, 15) is 14.9 Å². The molecule has 29 heavy (non-hydrogen) atoms. The van der Waals surface area contributed by atoms with E-state index in [1.165, 1.54) is 30.1 Å². The van der Waals surface area contributed by atoms with Crippen molar-refractivity contribution in [2.75, 3.05) is 0 Å². The highest BCUT2D eigenvalue weighted by atomic mass is 32.2. The Balaban J connectivity index is 1.83. The highest BCUT2D eigenvalue weighted by Gasteiger charge is 2.37. The first-order valence-corrected chi connectivity index (χ1v) is 10.3. The van der Waals surface area contributed by atoms with Gasteiger partial charge in [-0.1, -0.05) is 61.5 Å². The van der Waals surface area contributed by atoms with E-state index in [1.54, 1.807) is 17.0 Å². The summed E-state index contributed by atoms with van der Waals surface area (Å²) in [5, 5.41) is 19.7. The van der Waals surface area contributed by atoms with Crippen LogP contribution in [0, 0.1) is 17.0 Å². The number of hydrogen-bond donors (Lipinski definition) is 0. The number of benzene rings is 2. The first-order valence-electron chi connectivity index (χ1n) is 9.37. The number of carbonyl (C=O) groups excluding carboxylic acids is 1. The van der Waals surface area contributed by atoms with Gasteiger partial charge >= 0.3 is 0 Å². The molecule has 0 radical (unpaired) electrons. The smallest absolute Gasteiger partial charge is 0.270 e. The number of nitro benzene ring substituents is 1. The normalized spacial score (nSPS) is 18.1. The quantitative estimate of drug-likeness (QED) is 0.381. The molecule has 150 valence electrons. The van der Waals surface area contributed by atoms with Crippen LogP contribution in [0.3, 0.4) is 0 Å². The molecule has 1 heterocycles. The van der Waals surface area contributed by atoms with Gasteiger partial charge in [-0.3, -0.25) is 19.8 Å². The Hall–Kier alpha value is -3.00. The first kappa shape index (κ1) is 20.7. The van der Waals surface area contributed by atoms with Gasteiger partial charge in [0.1, 0.15) is 0 Å². The highest BCUT2D eigenvalue weighted by molar-refractivity contribution is 8.15. The van der Waals surface area contributed by atoms with Crippen molar-refractivity contribution in [3.8, 4) is 0 Å². The highest BCUT2D eigenvalue weighted by Crippen LogP contribution is 2.32. The third kappa shape index (κ3) is 5.08. The van der Waals surface area contributed by atoms with Crippen LogP contribution in [0.1, 0.15) is 36.5 Å². The molecule has 8 heteroatoms. The van der Waals surface area contributed by atoms with E-state index in [0.717, 1.165) is 24.0 Å². The number of amidine groups is 1. The zero-order valence-electron chi connectivity index (χ0n) is 16.3. The molecule has 7 nitrogen and oxygen atoms in total. The van der Waals surface area contributed by atoms with E-state index in [2.05, 4.69) is 17.1 Å². The molecule has 0 spiro atoms. The van der Waals surface area contributed by atoms with Crippen molar-refractivity contribution in [2.24, 2.45) is 10.2 Å². The average molecular weight is 410 g/mol. The minimum absolute atomic E-state index is 0.00351. The Labute approximate surface area is 173 Å². The second kappa shape index (κ2) is 9.47. The van der Waals surface area contributed by atoms with Crippen LogP contribution >= 0.6 is 11.8 Å². The topological polar surface area (TPSA) is 88.2 Å². The number of nitrogens with zero attached hydrogens (tertiary/aromatic N) is 4. The molecular formula is C21H22N4O3S. The van der Waals surface area contributed by atoms with E-state index in [0.29, 0.717) is 17.3 Å². The van der Waals surface area contributed by atoms with Crippen LogP contribution in [-0.2, 0) is 11.3 Å². The molecule has 1 amide bonds. The van der Waals surface area contributed by atoms with Crippen molar-refractivity contribution in [1.82, 2.24) is 4.90 Å². The van der Waals surface area contributed by atoms with Gasteiger partial charge in [-0.15, -0.1) is 5.10 Å². The number of amides is 1. The minimum Gasteiger partial charge on any atom is -0.284 e. The molecule has 2 aromatic rings. The number of thioether (sulfide) groups is 1. The van der Waals surface area contributed by atoms with Crippen LogP contribution in [0.15, 0.2) is 58.7 Å². The van der Waals surface area contributed by atoms with Crippen molar-refractivity contribution in [1.29, 1.82) is 0 Å². The third-order valence-electron chi connectivity index (χ3n) is 4.59. The number of hydrogen-bond acceptors (Lipinski definition) is 6. The molecule has 2 aromatic carbocycles. The second-order valence-electron chi connectivity index (χ2n) is 6.73. The van der Waals surface area contributed by atoms with Crippen LogP contribution in [-0.4, -0.2) is 32.4 Å². The van der Waals surface area contributed by atoms with Gasteiger partial charge in [0.2, 0.25) is 5.91 Å². The summed E-state index contributed by atoms with van der Waals surface area (Å²) in [6.45, 7) is 4.52. The van der Waals surface area contributed by atoms with Crippen LogP contribution in [0.4, 0.5) is 5.69 Å². The van der Waals surface area contributed by atoms with Crippen LogP contribution in [0.25, 0.3) is 0 Å². The summed E-state index contributed by atoms with van der Waals surface area (Å²) in [6, 6.07) is 14.1. The zero-order valence-corrected chi connectivity index (χ0v) is 17.1. The Kier molecular flexibility index (Phi) is 6.77. The fraction of sp³-hybridized carbons (Fsp3) is 0.286. The van der Waals surface area contributed by atoms with E-state index in [4.69, 9.17) is 0 Å². The SMILES string of the molecule is CCC[C@H]1S/C(=N/N=C\c2cccc([N+](=O)[O-])c2)N(Cc2ccccc2C)C1=O. The third-order valence-corrected chi connectivity index (χ3v) is 5.83. The van der Waals surface area contributed by atoms with Gasteiger partial charge in [-0.25, -0.2) is 0 Å². The molecule has 1 atom stereocenters. The Morgan fingerprint density at radius 2 is 2.03 bits per heavy atom. The fourth-order valence-electron chi connectivity index (χ4n) is 3.00. The van der Waals surface area contributed by atoms with Gasteiger partial charge in [0, 0.05) is 17.7 Å². The van der Waals surface area contributed by atoms with Gasteiger partial charge in [0.05, 0.1) is 22.9 Å². The van der Waals surface area contributed by atoms with Gasteiger partial charge in [-0.2, -0.15) is 5.10 Å². The van der Waals surface area contributed by atoms with Crippen molar-refractivity contribution in [2.45, 2.75) is 38.5 Å². The molecule has 0 bridgehead atoms. The van der Waals surface area contributed by atoms with Crippen molar-refractivity contribution in [3.05, 3.63) is 75.3 Å². The summed E-state index contributed by atoms with van der Waals surface area (Å²) in [5.41, 5.74) is 2.75. The summed E-state index contributed by atoms with van der Waals surface area (Å²) < 4.78 is 0. The predicted molar refractivity (Wildman–Crippen MR) is 116 cm³/mol. The zero-order chi connectivity index (χ0) is 20.8. The monoisotopic (exact) mass is 410 g/mol. The molecule has 0 saturated carbocycles. The van der Waals surface area contributed by atoms with Gasteiger partial charge in [-0.05, 0) is 24.5 Å². The molecule has 1 fully saturated rings. The summed E-state index contributed by atoms with van der Waals surface area (Å²) in [6.07, 6.45) is 3.15. The van der Waals surface area contributed by atoms with Gasteiger partial charge in [0.25, 0.3) is 5.69 Å². The maximum absolute atomic E-state index is 12.9. The lowest BCUT2D eigenvalue weighted by Gasteiger charge is -2.17. The molecule has 3 rings (SSSR count). The number of aryl methyl sites for hydroxylation is 1. The van der Waals surface area contributed by atoms with Crippen LogP contribution < -0.4 is 0 Å². The van der Waals surface area contributed by atoms with Crippen molar-refractivity contribution < 1.29 is 9.72 Å². The standard InChI is InChI=1S/C21H22N4O3S/c1-3-7-19-20(26)24(14-17-10-5-4-8-15(17)2)21(29-19)23-22-13-16-9-6-11-18(12-16)25(27)28/h4-6,8-13,19H,3,7,14H2,1-2H3/b22-13-,23-21+/t19-/m1/s1. The Bertz CT molecular complexity index is 974. The summed E-state index contributed by atoms with van der Waals surface area (Å²) in [5.74, 6) is 0.0457. The predicted octanol–water partition coefficient (Wildman–Crippen LogP) is 4.54. The molecule has 0 N–H and O–H groups in total. The fourth-order valence-corrected chi connectivity index (χ4v) is 4.21. The summed E-state index contributed by atoms with van der Waals surface area (Å²) in [7, 11) is 0. The second-order valence-corrected chi connectivity index (χ2v) is 7.90. The molecule has 0 aromatic heterocycles. The van der Waals surface area contributed by atoms with Crippen LogP contribution in [0.5, 0.6) is 0 Å². The molecule has 1 aliphatic rings. The number of rotatable bonds is 7. The molecule has 1 aliphatic heterocycles. The minimum atomic E-state index is -0.450. The lowest BCUT2D eigenvalue weighted by Crippen LogP contribution is -2.31.